The largest absolute Gasteiger partial charge is 0.381 e. The number of hydrogen-bond acceptors (Lipinski definition) is 4. The van der Waals surface area contributed by atoms with Crippen LogP contribution in [0.3, 0.4) is 0 Å². The van der Waals surface area contributed by atoms with Crippen LogP contribution in [0, 0.1) is 5.92 Å². The maximum atomic E-state index is 12.6. The molecule has 0 radical (unpaired) electrons. The molecule has 0 saturated carbocycles. The van der Waals surface area contributed by atoms with Gasteiger partial charge < -0.3 is 24.8 Å². The number of benzene rings is 1. The van der Waals surface area contributed by atoms with Gasteiger partial charge in [-0.05, 0) is 30.7 Å². The Bertz CT molecular complexity index is 668. The highest BCUT2D eigenvalue weighted by Gasteiger charge is 2.23. The number of nitrogens with zero attached hydrogens (tertiary/aromatic N) is 4. The average Bonchev–Trinajstić information content (AvgIpc) is 3.22. The van der Waals surface area contributed by atoms with E-state index in [4.69, 9.17) is 16.3 Å². The molecule has 2 aliphatic rings. The second kappa shape index (κ2) is 9.98. The van der Waals surface area contributed by atoms with E-state index in [2.05, 4.69) is 20.1 Å². The van der Waals surface area contributed by atoms with Crippen LogP contribution in [0.4, 0.5) is 5.69 Å². The Morgan fingerprint density at radius 2 is 2.00 bits per heavy atom. The highest BCUT2D eigenvalue weighted by atomic mass is 35.5. The summed E-state index contributed by atoms with van der Waals surface area (Å²) in [5.41, 5.74) is 1.15. The van der Waals surface area contributed by atoms with E-state index in [-0.39, 0.29) is 12.5 Å². The van der Waals surface area contributed by atoms with Crippen molar-refractivity contribution in [2.45, 2.75) is 6.42 Å². The highest BCUT2D eigenvalue weighted by Crippen LogP contribution is 2.19. The first-order chi connectivity index (χ1) is 13.6. The van der Waals surface area contributed by atoms with Gasteiger partial charge in [-0.15, -0.1) is 0 Å². The van der Waals surface area contributed by atoms with E-state index in [0.717, 1.165) is 69.0 Å². The number of carbonyl (C=O) groups excluding carboxylic acids is 1. The van der Waals surface area contributed by atoms with Crippen molar-refractivity contribution in [3.63, 3.8) is 0 Å². The zero-order valence-electron chi connectivity index (χ0n) is 16.7. The number of nitrogens with one attached hydrogen (secondary N) is 1. The molecule has 2 fully saturated rings. The number of rotatable bonds is 5. The first-order valence-corrected chi connectivity index (χ1v) is 10.2. The molecule has 0 aliphatic carbocycles. The molecule has 1 atom stereocenters. The van der Waals surface area contributed by atoms with Gasteiger partial charge in [0.2, 0.25) is 5.91 Å². The molecule has 8 heteroatoms. The van der Waals surface area contributed by atoms with Gasteiger partial charge in [0.1, 0.15) is 0 Å². The van der Waals surface area contributed by atoms with Gasteiger partial charge in [-0.1, -0.05) is 11.6 Å². The summed E-state index contributed by atoms with van der Waals surface area (Å²) in [7, 11) is 3.75. The fourth-order valence-electron chi connectivity index (χ4n) is 3.72. The van der Waals surface area contributed by atoms with Crippen LogP contribution in [-0.4, -0.2) is 88.2 Å². The predicted octanol–water partition coefficient (Wildman–Crippen LogP) is 1.53. The molecule has 0 bridgehead atoms. The molecular weight excluding hydrogens is 378 g/mol. The molecule has 154 valence electrons. The van der Waals surface area contributed by atoms with Gasteiger partial charge in [-0.25, -0.2) is 0 Å². The Kier molecular flexibility index (Phi) is 7.39. The van der Waals surface area contributed by atoms with Crippen molar-refractivity contribution < 1.29 is 9.53 Å². The van der Waals surface area contributed by atoms with Crippen molar-refractivity contribution >= 4 is 29.2 Å². The first kappa shape index (κ1) is 20.7. The maximum absolute atomic E-state index is 12.6. The number of guanidine groups is 1. The Labute approximate surface area is 172 Å². The van der Waals surface area contributed by atoms with Crippen LogP contribution >= 0.6 is 11.6 Å². The third-order valence-electron chi connectivity index (χ3n) is 5.35. The monoisotopic (exact) mass is 407 g/mol. The molecule has 1 amide bonds. The Balaban J connectivity index is 1.42. The van der Waals surface area contributed by atoms with Gasteiger partial charge in [0.25, 0.3) is 0 Å². The molecule has 1 aromatic rings. The van der Waals surface area contributed by atoms with Crippen LogP contribution in [0.5, 0.6) is 0 Å². The topological polar surface area (TPSA) is 60.4 Å². The van der Waals surface area contributed by atoms with Gasteiger partial charge in [-0.2, -0.15) is 0 Å². The van der Waals surface area contributed by atoms with Gasteiger partial charge in [-0.3, -0.25) is 9.79 Å². The molecule has 2 aliphatic heterocycles. The lowest BCUT2D eigenvalue weighted by Crippen LogP contribution is -2.52. The minimum absolute atomic E-state index is 0.106. The zero-order chi connectivity index (χ0) is 19.9. The molecule has 1 N–H and O–H groups in total. The van der Waals surface area contributed by atoms with Gasteiger partial charge in [0.15, 0.2) is 5.96 Å². The number of carbonyl (C=O) groups is 1. The highest BCUT2D eigenvalue weighted by molar-refractivity contribution is 6.30. The van der Waals surface area contributed by atoms with Crippen LogP contribution in [0.15, 0.2) is 29.3 Å². The molecule has 7 nitrogen and oxygen atoms in total. The average molecular weight is 408 g/mol. The van der Waals surface area contributed by atoms with E-state index in [0.29, 0.717) is 5.92 Å². The minimum Gasteiger partial charge on any atom is -0.381 e. The third kappa shape index (κ3) is 5.52. The Morgan fingerprint density at radius 3 is 2.61 bits per heavy atom. The molecule has 28 heavy (non-hydrogen) atoms. The molecule has 3 rings (SSSR count). The lowest BCUT2D eigenvalue weighted by atomic mass is 10.1. The number of ether oxygens (including phenoxy) is 1. The molecule has 0 spiro atoms. The van der Waals surface area contributed by atoms with Crippen LogP contribution in [0.2, 0.25) is 5.02 Å². The summed E-state index contributed by atoms with van der Waals surface area (Å²) in [5.74, 6) is 1.38. The summed E-state index contributed by atoms with van der Waals surface area (Å²) in [4.78, 5) is 23.2. The smallest absolute Gasteiger partial charge is 0.242 e. The van der Waals surface area contributed by atoms with Crippen LogP contribution in [0.25, 0.3) is 0 Å². The zero-order valence-corrected chi connectivity index (χ0v) is 17.5. The predicted molar refractivity (Wildman–Crippen MR) is 113 cm³/mol. The standard InChI is InChI=1S/C20H30ClN5O2/c1-22-20(24(2)14-16-7-12-28-15-16)23-13-19(27)26-10-8-25(9-11-26)18-5-3-17(21)4-6-18/h3-6,16H,7-15H2,1-2H3,(H,22,23). The quantitative estimate of drug-likeness (QED) is 0.592. The third-order valence-corrected chi connectivity index (χ3v) is 5.60. The van der Waals surface area contributed by atoms with E-state index in [1.807, 2.05) is 36.2 Å². The summed E-state index contributed by atoms with van der Waals surface area (Å²) in [5, 5.41) is 3.94. The lowest BCUT2D eigenvalue weighted by Gasteiger charge is -2.36. The molecule has 1 aromatic carbocycles. The van der Waals surface area contributed by atoms with Crippen molar-refractivity contribution in [2.24, 2.45) is 10.9 Å². The number of hydrogen-bond donors (Lipinski definition) is 1. The van der Waals surface area contributed by atoms with Gasteiger partial charge in [0, 0.05) is 70.1 Å². The second-order valence-corrected chi connectivity index (χ2v) is 7.79. The van der Waals surface area contributed by atoms with E-state index >= 15 is 0 Å². The van der Waals surface area contributed by atoms with Crippen LogP contribution in [0.1, 0.15) is 6.42 Å². The summed E-state index contributed by atoms with van der Waals surface area (Å²) < 4.78 is 5.44. The molecule has 1 unspecified atom stereocenters. The summed E-state index contributed by atoms with van der Waals surface area (Å²) in [6.07, 6.45) is 1.08. The molecular formula is C20H30ClN5O2. The van der Waals surface area contributed by atoms with E-state index in [9.17, 15) is 4.79 Å². The summed E-state index contributed by atoms with van der Waals surface area (Å²) in [6.45, 7) is 5.87. The number of amides is 1. The normalized spacial score (nSPS) is 20.4. The van der Waals surface area contributed by atoms with Crippen LogP contribution in [-0.2, 0) is 9.53 Å². The fourth-order valence-corrected chi connectivity index (χ4v) is 3.84. The first-order valence-electron chi connectivity index (χ1n) is 9.84. The summed E-state index contributed by atoms with van der Waals surface area (Å²) in [6, 6.07) is 7.85. The summed E-state index contributed by atoms with van der Waals surface area (Å²) >= 11 is 5.96. The number of piperazine rings is 1. The number of halogens is 1. The van der Waals surface area contributed by atoms with Gasteiger partial charge in [0.05, 0.1) is 13.2 Å². The van der Waals surface area contributed by atoms with Crippen molar-refractivity contribution in [1.29, 1.82) is 0 Å². The van der Waals surface area contributed by atoms with Crippen molar-refractivity contribution in [1.82, 2.24) is 15.1 Å². The second-order valence-electron chi connectivity index (χ2n) is 7.36. The van der Waals surface area contributed by atoms with Gasteiger partial charge >= 0.3 is 0 Å². The number of aliphatic imine (C=N–C) groups is 1. The maximum Gasteiger partial charge on any atom is 0.242 e. The molecule has 2 heterocycles. The van der Waals surface area contributed by atoms with Crippen molar-refractivity contribution in [3.8, 4) is 0 Å². The van der Waals surface area contributed by atoms with E-state index < -0.39 is 0 Å². The fraction of sp³-hybridized carbons (Fsp3) is 0.600. The Morgan fingerprint density at radius 1 is 1.29 bits per heavy atom. The van der Waals surface area contributed by atoms with E-state index in [1.54, 1.807) is 7.05 Å². The van der Waals surface area contributed by atoms with E-state index in [1.165, 1.54) is 0 Å². The molecule has 2 saturated heterocycles. The Hall–Kier alpha value is -1.99. The van der Waals surface area contributed by atoms with Crippen molar-refractivity contribution in [2.75, 3.05) is 71.5 Å². The SMILES string of the molecule is CN=C(NCC(=O)N1CCN(c2ccc(Cl)cc2)CC1)N(C)CC1CCOC1. The van der Waals surface area contributed by atoms with Crippen molar-refractivity contribution in [3.05, 3.63) is 29.3 Å². The lowest BCUT2D eigenvalue weighted by molar-refractivity contribution is -0.130. The minimum atomic E-state index is 0.106. The van der Waals surface area contributed by atoms with Crippen LogP contribution < -0.4 is 10.2 Å². The molecule has 0 aromatic heterocycles. The number of anilines is 1.